The van der Waals surface area contributed by atoms with Crippen molar-refractivity contribution in [2.45, 2.75) is 37.7 Å². The molecule has 0 bridgehead atoms. The number of carbonyl (C=O) groups is 2. The third-order valence-electron chi connectivity index (χ3n) is 4.64. The zero-order valence-corrected chi connectivity index (χ0v) is 12.3. The number of likely N-dealkylation sites (tertiary alicyclic amines) is 1. The van der Waals surface area contributed by atoms with Crippen molar-refractivity contribution in [3.8, 4) is 0 Å². The van der Waals surface area contributed by atoms with Gasteiger partial charge in [-0.25, -0.2) is 4.79 Å². The first-order valence-electron chi connectivity index (χ1n) is 7.55. The molecule has 1 aliphatic carbocycles. The van der Waals surface area contributed by atoms with Crippen LogP contribution in [-0.2, 0) is 4.79 Å². The zero-order chi connectivity index (χ0) is 15.5. The molecule has 6 nitrogen and oxygen atoms in total. The highest BCUT2D eigenvalue weighted by Gasteiger charge is 2.44. The molecule has 6 heteroatoms. The number of amides is 2. The number of carbonyl (C=O) groups excluding carboxylic acids is 1. The highest BCUT2D eigenvalue weighted by atomic mass is 16.4. The van der Waals surface area contributed by atoms with Gasteiger partial charge < -0.3 is 20.0 Å². The Labute approximate surface area is 125 Å². The van der Waals surface area contributed by atoms with Crippen molar-refractivity contribution in [3.05, 3.63) is 12.7 Å². The molecule has 118 valence electrons. The van der Waals surface area contributed by atoms with Gasteiger partial charge >= 0.3 is 12.0 Å². The van der Waals surface area contributed by atoms with Gasteiger partial charge in [-0.2, -0.15) is 0 Å². The molecule has 0 radical (unpaired) electrons. The van der Waals surface area contributed by atoms with E-state index in [0.717, 1.165) is 25.7 Å². The van der Waals surface area contributed by atoms with Gasteiger partial charge in [0.2, 0.25) is 0 Å². The van der Waals surface area contributed by atoms with Crippen LogP contribution in [0.4, 0.5) is 4.79 Å². The average Bonchev–Trinajstić information content (AvgIpc) is 2.44. The number of carboxylic acids is 1. The maximum absolute atomic E-state index is 12.5. The van der Waals surface area contributed by atoms with Gasteiger partial charge in [-0.05, 0) is 19.3 Å². The van der Waals surface area contributed by atoms with Crippen LogP contribution >= 0.6 is 0 Å². The molecule has 1 heterocycles. The lowest BCUT2D eigenvalue weighted by atomic mass is 9.71. The summed E-state index contributed by atoms with van der Waals surface area (Å²) >= 11 is 0. The van der Waals surface area contributed by atoms with Crippen molar-refractivity contribution >= 4 is 12.0 Å². The van der Waals surface area contributed by atoms with Gasteiger partial charge in [0.15, 0.2) is 0 Å². The third kappa shape index (κ3) is 3.56. The summed E-state index contributed by atoms with van der Waals surface area (Å²) in [4.78, 5) is 26.3. The molecule has 2 rings (SSSR count). The minimum absolute atomic E-state index is 0.111. The minimum Gasteiger partial charge on any atom is -0.480 e. The lowest BCUT2D eigenvalue weighted by Crippen LogP contribution is -2.57. The fraction of sp³-hybridized carbons (Fsp3) is 0.733. The summed E-state index contributed by atoms with van der Waals surface area (Å²) in [6, 6.07) is -0.273. The van der Waals surface area contributed by atoms with Crippen LogP contribution in [0.25, 0.3) is 0 Å². The Bertz CT molecular complexity index is 426. The quantitative estimate of drug-likeness (QED) is 0.766. The molecule has 2 fully saturated rings. The van der Waals surface area contributed by atoms with E-state index in [9.17, 15) is 14.7 Å². The molecule has 2 aliphatic rings. The van der Waals surface area contributed by atoms with Crippen molar-refractivity contribution in [1.29, 1.82) is 0 Å². The summed E-state index contributed by atoms with van der Waals surface area (Å²) in [5.74, 6) is -0.921. The second-order valence-corrected chi connectivity index (χ2v) is 6.09. The van der Waals surface area contributed by atoms with E-state index in [1.54, 1.807) is 4.90 Å². The summed E-state index contributed by atoms with van der Waals surface area (Å²) in [6.07, 6.45) is 5.98. The predicted molar refractivity (Wildman–Crippen MR) is 77.9 cm³/mol. The number of piperidine rings is 1. The van der Waals surface area contributed by atoms with Gasteiger partial charge in [0.05, 0.1) is 5.60 Å². The number of aliphatic hydroxyl groups is 1. The van der Waals surface area contributed by atoms with Crippen molar-refractivity contribution in [1.82, 2.24) is 9.80 Å². The Hall–Kier alpha value is -1.56. The highest BCUT2D eigenvalue weighted by Crippen LogP contribution is 2.39. The van der Waals surface area contributed by atoms with E-state index in [1.807, 2.05) is 0 Å². The summed E-state index contributed by atoms with van der Waals surface area (Å²) in [7, 11) is 0. The van der Waals surface area contributed by atoms with E-state index in [2.05, 4.69) is 6.58 Å². The molecule has 0 aromatic rings. The Balaban J connectivity index is 2.02. The van der Waals surface area contributed by atoms with Crippen LogP contribution in [0.1, 0.15) is 32.1 Å². The van der Waals surface area contributed by atoms with Gasteiger partial charge in [0.1, 0.15) is 6.54 Å². The number of hydrogen-bond donors (Lipinski definition) is 2. The monoisotopic (exact) mass is 296 g/mol. The van der Waals surface area contributed by atoms with Crippen LogP contribution in [0, 0.1) is 5.92 Å². The van der Waals surface area contributed by atoms with Gasteiger partial charge in [-0.1, -0.05) is 18.9 Å². The number of hydrogen-bond acceptors (Lipinski definition) is 3. The standard InChI is InChI=1S/C15H24N2O4/c1-2-8-16(11-13(18)19)14(20)17-9-7-15(21)6-4-3-5-12(15)10-17/h2,12,21H,1,3-11H2,(H,18,19). The topological polar surface area (TPSA) is 81.1 Å². The lowest BCUT2D eigenvalue weighted by Gasteiger charge is -2.48. The molecule has 1 aliphatic heterocycles. The van der Waals surface area contributed by atoms with Crippen molar-refractivity contribution < 1.29 is 19.8 Å². The molecule has 0 aromatic carbocycles. The van der Waals surface area contributed by atoms with E-state index in [-0.39, 0.29) is 25.0 Å². The number of nitrogens with zero attached hydrogens (tertiary/aromatic N) is 2. The van der Waals surface area contributed by atoms with Crippen molar-refractivity contribution in [3.63, 3.8) is 0 Å². The van der Waals surface area contributed by atoms with E-state index >= 15 is 0 Å². The zero-order valence-electron chi connectivity index (χ0n) is 12.3. The number of aliphatic carboxylic acids is 1. The summed E-state index contributed by atoms with van der Waals surface area (Å²) < 4.78 is 0. The molecule has 2 atom stereocenters. The second-order valence-electron chi connectivity index (χ2n) is 6.09. The molecule has 1 saturated heterocycles. The normalized spacial score (nSPS) is 28.6. The van der Waals surface area contributed by atoms with E-state index < -0.39 is 11.6 Å². The van der Waals surface area contributed by atoms with Crippen LogP contribution in [0.3, 0.4) is 0 Å². The van der Waals surface area contributed by atoms with E-state index in [0.29, 0.717) is 19.5 Å². The summed E-state index contributed by atoms with van der Waals surface area (Å²) in [5, 5.41) is 19.5. The summed E-state index contributed by atoms with van der Waals surface area (Å²) in [6.45, 7) is 4.46. The number of urea groups is 1. The van der Waals surface area contributed by atoms with Gasteiger partial charge in [0, 0.05) is 25.6 Å². The first kappa shape index (κ1) is 15.8. The maximum Gasteiger partial charge on any atom is 0.323 e. The number of rotatable bonds is 4. The molecule has 2 N–H and O–H groups in total. The Morgan fingerprint density at radius 2 is 2.14 bits per heavy atom. The maximum atomic E-state index is 12.5. The van der Waals surface area contributed by atoms with Gasteiger partial charge in [0.25, 0.3) is 0 Å². The van der Waals surface area contributed by atoms with Gasteiger partial charge in [-0.3, -0.25) is 4.79 Å². The molecule has 2 amide bonds. The highest BCUT2D eigenvalue weighted by molar-refractivity contribution is 5.80. The second kappa shape index (κ2) is 6.47. The largest absolute Gasteiger partial charge is 0.480 e. The van der Waals surface area contributed by atoms with Crippen LogP contribution in [0.5, 0.6) is 0 Å². The molecular formula is C15H24N2O4. The van der Waals surface area contributed by atoms with E-state index in [4.69, 9.17) is 5.11 Å². The van der Waals surface area contributed by atoms with Gasteiger partial charge in [-0.15, -0.1) is 6.58 Å². The first-order chi connectivity index (χ1) is 9.96. The van der Waals surface area contributed by atoms with Crippen molar-refractivity contribution in [2.24, 2.45) is 5.92 Å². The van der Waals surface area contributed by atoms with Crippen LogP contribution in [-0.4, -0.2) is 63.8 Å². The van der Waals surface area contributed by atoms with Crippen molar-refractivity contribution in [2.75, 3.05) is 26.2 Å². The third-order valence-corrected chi connectivity index (χ3v) is 4.64. The lowest BCUT2D eigenvalue weighted by molar-refractivity contribution is -0.137. The SMILES string of the molecule is C=CCN(CC(=O)O)C(=O)N1CCC2(O)CCCCC2C1. The summed E-state index contributed by atoms with van der Waals surface area (Å²) in [5.41, 5.74) is -0.634. The minimum atomic E-state index is -1.03. The Kier molecular flexibility index (Phi) is 4.88. The molecule has 2 unspecified atom stereocenters. The first-order valence-corrected chi connectivity index (χ1v) is 7.55. The van der Waals surface area contributed by atoms with Crippen LogP contribution < -0.4 is 0 Å². The van der Waals surface area contributed by atoms with Crippen LogP contribution in [0.15, 0.2) is 12.7 Å². The smallest absolute Gasteiger partial charge is 0.323 e. The molecule has 0 aromatic heterocycles. The average molecular weight is 296 g/mol. The number of fused-ring (bicyclic) bond motifs is 1. The molecular weight excluding hydrogens is 272 g/mol. The number of carboxylic acid groups (broad SMARTS) is 1. The Morgan fingerprint density at radius 3 is 2.81 bits per heavy atom. The molecule has 0 spiro atoms. The fourth-order valence-corrected chi connectivity index (χ4v) is 3.47. The van der Waals surface area contributed by atoms with Crippen LogP contribution in [0.2, 0.25) is 0 Å². The molecule has 1 saturated carbocycles. The fourth-order valence-electron chi connectivity index (χ4n) is 3.47. The van der Waals surface area contributed by atoms with E-state index in [1.165, 1.54) is 11.0 Å². The molecule has 21 heavy (non-hydrogen) atoms. The predicted octanol–water partition coefficient (Wildman–Crippen LogP) is 1.31. The Morgan fingerprint density at radius 1 is 1.38 bits per heavy atom.